The van der Waals surface area contributed by atoms with Gasteiger partial charge < -0.3 is 15.6 Å². The fourth-order valence-electron chi connectivity index (χ4n) is 4.12. The maximum absolute atomic E-state index is 13.6. The minimum absolute atomic E-state index is 0.183. The first-order valence-corrected chi connectivity index (χ1v) is 12.6. The van der Waals surface area contributed by atoms with Crippen molar-refractivity contribution in [2.45, 2.75) is 19.9 Å². The van der Waals surface area contributed by atoms with Gasteiger partial charge in [-0.05, 0) is 49.8 Å². The van der Waals surface area contributed by atoms with Crippen LogP contribution in [0.4, 0.5) is 4.39 Å². The first-order chi connectivity index (χ1) is 17.9. The number of likely N-dealkylation sites (tertiary alicyclic amines) is 1. The van der Waals surface area contributed by atoms with E-state index in [1.165, 1.54) is 6.07 Å². The Kier molecular flexibility index (Phi) is 6.68. The number of thiophene rings is 1. The van der Waals surface area contributed by atoms with Gasteiger partial charge in [-0.2, -0.15) is 9.49 Å². The first-order valence-electron chi connectivity index (χ1n) is 11.8. The molecule has 10 heteroatoms. The van der Waals surface area contributed by atoms with E-state index >= 15 is 0 Å². The number of nitrogens with zero attached hydrogens (tertiary/aromatic N) is 5. The molecule has 0 aromatic carbocycles. The van der Waals surface area contributed by atoms with Crippen molar-refractivity contribution in [1.82, 2.24) is 30.0 Å². The van der Waals surface area contributed by atoms with Crippen LogP contribution < -0.4 is 16.3 Å². The molecule has 37 heavy (non-hydrogen) atoms. The van der Waals surface area contributed by atoms with Gasteiger partial charge in [-0.1, -0.05) is 25.3 Å². The smallest absolute Gasteiger partial charge is 0.177 e. The number of amidine groups is 1. The molecule has 188 valence electrons. The van der Waals surface area contributed by atoms with E-state index < -0.39 is 0 Å². The SMILES string of the molecule is C=CC(=NC(=C\C)/C(C)=C/C=c1/[nH]nc(-c2nc3c(-c4ccc(F)s4)nccc3[nH]2)c1=C)N1CC(N)C1. The Labute approximate surface area is 217 Å². The van der Waals surface area contributed by atoms with Gasteiger partial charge in [0.25, 0.3) is 0 Å². The molecular formula is C27H27FN8S. The third-order valence-corrected chi connectivity index (χ3v) is 7.04. The average molecular weight is 515 g/mol. The summed E-state index contributed by atoms with van der Waals surface area (Å²) < 4.78 is 13.6. The number of pyridine rings is 1. The van der Waals surface area contributed by atoms with Crippen LogP contribution in [0.1, 0.15) is 13.8 Å². The molecule has 4 N–H and O–H groups in total. The molecule has 0 spiro atoms. The van der Waals surface area contributed by atoms with Gasteiger partial charge in [0, 0.05) is 30.5 Å². The predicted molar refractivity (Wildman–Crippen MR) is 149 cm³/mol. The summed E-state index contributed by atoms with van der Waals surface area (Å²) in [6, 6.07) is 5.15. The summed E-state index contributed by atoms with van der Waals surface area (Å²) in [5.41, 5.74) is 10.4. The monoisotopic (exact) mass is 514 g/mol. The molecule has 1 aliphatic rings. The summed E-state index contributed by atoms with van der Waals surface area (Å²) in [6.45, 7) is 13.6. The van der Waals surface area contributed by atoms with Gasteiger partial charge in [-0.25, -0.2) is 9.98 Å². The molecule has 8 nitrogen and oxygen atoms in total. The Morgan fingerprint density at radius 2 is 2.11 bits per heavy atom. The standard InChI is InChI=1S/C27H27FN8S/c1-5-18(31-23(6-2)36-13-17(29)14-36)15(3)7-8-19-16(4)24(35-34-19)27-32-20-11-12-30-26(25(20)33-27)21-9-10-22(28)37-21/h5-12,17,34H,2,4,13-14,29H2,1,3H3,(H,32,33)/b15-7+,18-5-,19-8+,31-23?. The zero-order valence-corrected chi connectivity index (χ0v) is 21.4. The number of aromatic amines is 2. The Hall–Kier alpha value is -4.15. The number of aliphatic imine (C=N–C) groups is 1. The predicted octanol–water partition coefficient (Wildman–Crippen LogP) is 3.48. The highest BCUT2D eigenvalue weighted by atomic mass is 32.1. The highest BCUT2D eigenvalue weighted by Gasteiger charge is 2.24. The van der Waals surface area contributed by atoms with Crippen molar-refractivity contribution in [2.24, 2.45) is 10.7 Å². The van der Waals surface area contributed by atoms with Crippen molar-refractivity contribution in [3.8, 4) is 22.1 Å². The molecule has 0 saturated carbocycles. The Bertz CT molecular complexity index is 1680. The van der Waals surface area contributed by atoms with E-state index in [4.69, 9.17) is 15.7 Å². The van der Waals surface area contributed by atoms with Crippen LogP contribution in [0.15, 0.2) is 65.5 Å². The lowest BCUT2D eigenvalue weighted by molar-refractivity contribution is 0.255. The number of hydrogen-bond acceptors (Lipinski definition) is 6. The van der Waals surface area contributed by atoms with Crippen LogP contribution in [0, 0.1) is 5.13 Å². The Balaban J connectivity index is 1.45. The second-order valence-electron chi connectivity index (χ2n) is 8.74. The molecule has 1 saturated heterocycles. The van der Waals surface area contributed by atoms with Crippen molar-refractivity contribution >= 4 is 40.9 Å². The molecule has 4 aromatic rings. The summed E-state index contributed by atoms with van der Waals surface area (Å²) in [7, 11) is 0. The molecule has 0 radical (unpaired) electrons. The van der Waals surface area contributed by atoms with Crippen LogP contribution >= 0.6 is 11.3 Å². The van der Waals surface area contributed by atoms with Gasteiger partial charge in [0.15, 0.2) is 11.0 Å². The minimum atomic E-state index is -0.266. The number of halogens is 1. The van der Waals surface area contributed by atoms with E-state index in [9.17, 15) is 4.39 Å². The highest BCUT2D eigenvalue weighted by Crippen LogP contribution is 2.31. The molecule has 1 aliphatic heterocycles. The number of imidazole rings is 1. The average Bonchev–Trinajstić information content (AvgIpc) is 3.59. The van der Waals surface area contributed by atoms with Crippen LogP contribution in [0.25, 0.3) is 45.8 Å². The third-order valence-electron chi connectivity index (χ3n) is 6.16. The first kappa shape index (κ1) is 24.5. The summed E-state index contributed by atoms with van der Waals surface area (Å²) in [5.74, 6) is 1.37. The van der Waals surface area contributed by atoms with Crippen LogP contribution in [-0.2, 0) is 0 Å². The Morgan fingerprint density at radius 1 is 1.30 bits per heavy atom. The van der Waals surface area contributed by atoms with E-state index in [2.05, 4.69) is 38.2 Å². The molecule has 0 bridgehead atoms. The zero-order valence-electron chi connectivity index (χ0n) is 20.6. The van der Waals surface area contributed by atoms with Crippen LogP contribution in [-0.4, -0.2) is 55.0 Å². The second-order valence-corrected chi connectivity index (χ2v) is 9.77. The van der Waals surface area contributed by atoms with Crippen molar-refractivity contribution in [3.05, 3.63) is 76.2 Å². The van der Waals surface area contributed by atoms with Crippen LogP contribution in [0.2, 0.25) is 0 Å². The largest absolute Gasteiger partial charge is 0.353 e. The zero-order chi connectivity index (χ0) is 26.1. The maximum Gasteiger partial charge on any atom is 0.177 e. The van der Waals surface area contributed by atoms with Gasteiger partial charge >= 0.3 is 0 Å². The molecule has 1 fully saturated rings. The fourth-order valence-corrected chi connectivity index (χ4v) is 4.85. The lowest BCUT2D eigenvalue weighted by Crippen LogP contribution is -2.57. The molecule has 0 unspecified atom stereocenters. The lowest BCUT2D eigenvalue weighted by Gasteiger charge is -2.38. The van der Waals surface area contributed by atoms with E-state index in [1.54, 1.807) is 18.3 Å². The number of H-pyrrole nitrogens is 2. The van der Waals surface area contributed by atoms with Crippen molar-refractivity contribution in [2.75, 3.05) is 13.1 Å². The van der Waals surface area contributed by atoms with E-state index in [0.29, 0.717) is 32.8 Å². The summed E-state index contributed by atoms with van der Waals surface area (Å²) in [6.07, 6.45) is 9.29. The van der Waals surface area contributed by atoms with Gasteiger partial charge in [0.05, 0.1) is 21.4 Å². The van der Waals surface area contributed by atoms with Gasteiger partial charge in [0.1, 0.15) is 22.7 Å². The fraction of sp³-hybridized carbons (Fsp3) is 0.185. The molecule has 5 heterocycles. The number of nitrogens with two attached hydrogens (primary N) is 1. The highest BCUT2D eigenvalue weighted by molar-refractivity contribution is 7.13. The summed E-state index contributed by atoms with van der Waals surface area (Å²) >= 11 is 1.04. The third kappa shape index (κ3) is 4.81. The number of aromatic nitrogens is 5. The van der Waals surface area contributed by atoms with E-state index in [0.717, 1.165) is 52.4 Å². The molecule has 4 aromatic heterocycles. The second kappa shape index (κ2) is 10.1. The van der Waals surface area contributed by atoms with E-state index in [-0.39, 0.29) is 11.2 Å². The van der Waals surface area contributed by atoms with Crippen molar-refractivity contribution < 1.29 is 4.39 Å². The van der Waals surface area contributed by atoms with Gasteiger partial charge in [-0.3, -0.25) is 10.1 Å². The van der Waals surface area contributed by atoms with Gasteiger partial charge in [0.2, 0.25) is 0 Å². The summed E-state index contributed by atoms with van der Waals surface area (Å²) in [5, 5.41) is 8.68. The maximum atomic E-state index is 13.6. The molecule has 0 amide bonds. The molecule has 0 aliphatic carbocycles. The summed E-state index contributed by atoms with van der Waals surface area (Å²) in [4.78, 5) is 20.0. The number of nitrogens with one attached hydrogen (secondary N) is 2. The van der Waals surface area contributed by atoms with E-state index in [1.807, 2.05) is 38.1 Å². The van der Waals surface area contributed by atoms with Gasteiger partial charge in [-0.15, -0.1) is 11.3 Å². The van der Waals surface area contributed by atoms with Crippen LogP contribution in [0.3, 0.4) is 0 Å². The number of allylic oxidation sites excluding steroid dienone is 3. The van der Waals surface area contributed by atoms with Crippen molar-refractivity contribution in [3.63, 3.8) is 0 Å². The molecule has 5 rings (SSSR count). The van der Waals surface area contributed by atoms with Crippen molar-refractivity contribution in [1.29, 1.82) is 0 Å². The van der Waals surface area contributed by atoms with Crippen LogP contribution in [0.5, 0.6) is 0 Å². The minimum Gasteiger partial charge on any atom is -0.353 e. The Morgan fingerprint density at radius 3 is 2.78 bits per heavy atom. The lowest BCUT2D eigenvalue weighted by atomic mass is 10.1. The normalized spacial score (nSPS) is 16.1. The number of hydrogen-bond donors (Lipinski definition) is 3. The quantitative estimate of drug-likeness (QED) is 0.207. The number of fused-ring (bicyclic) bond motifs is 1. The number of rotatable bonds is 6. The molecular weight excluding hydrogens is 487 g/mol. The molecule has 0 atom stereocenters. The topological polar surface area (TPSA) is 112 Å².